The fourth-order valence-corrected chi connectivity index (χ4v) is 3.17. The van der Waals surface area contributed by atoms with Crippen LogP contribution in [0.15, 0.2) is 59.7 Å². The minimum atomic E-state index is -0.424. The summed E-state index contributed by atoms with van der Waals surface area (Å²) in [6.07, 6.45) is 1.33. The molecule has 0 aliphatic carbocycles. The second-order valence-corrected chi connectivity index (χ2v) is 7.02. The molecule has 4 aromatic rings. The molecule has 0 aliphatic heterocycles. The summed E-state index contributed by atoms with van der Waals surface area (Å²) >= 11 is 5.92. The zero-order chi connectivity index (χ0) is 20.4. The number of fused-ring (bicyclic) bond motifs is 1. The summed E-state index contributed by atoms with van der Waals surface area (Å²) in [5, 5.41) is 11.2. The fraction of sp³-hybridized carbons (Fsp3) is 0.150. The van der Waals surface area contributed by atoms with Crippen LogP contribution in [0.5, 0.6) is 0 Å². The number of nitrogens with zero attached hydrogens (tertiary/aromatic N) is 5. The van der Waals surface area contributed by atoms with E-state index in [1.165, 1.54) is 10.9 Å². The molecule has 0 fully saturated rings. The second kappa shape index (κ2) is 7.84. The van der Waals surface area contributed by atoms with Crippen molar-refractivity contribution in [2.24, 2.45) is 0 Å². The Labute approximate surface area is 170 Å². The third-order valence-corrected chi connectivity index (χ3v) is 4.73. The van der Waals surface area contributed by atoms with Gasteiger partial charge >= 0.3 is 0 Å². The van der Waals surface area contributed by atoms with Crippen molar-refractivity contribution in [1.82, 2.24) is 24.5 Å². The molecule has 0 unspecified atom stereocenters. The van der Waals surface area contributed by atoms with Crippen LogP contribution in [-0.4, -0.2) is 30.5 Å². The molecule has 146 valence electrons. The highest BCUT2D eigenvalue weighted by Gasteiger charge is 2.14. The van der Waals surface area contributed by atoms with Crippen LogP contribution in [0.4, 0.5) is 5.69 Å². The Morgan fingerprint density at radius 3 is 2.79 bits per heavy atom. The van der Waals surface area contributed by atoms with Gasteiger partial charge in [0.1, 0.15) is 12.9 Å². The second-order valence-electron chi connectivity index (χ2n) is 6.58. The van der Waals surface area contributed by atoms with E-state index in [9.17, 15) is 9.59 Å². The minimum absolute atomic E-state index is 0.122. The first-order chi connectivity index (χ1) is 14.0. The van der Waals surface area contributed by atoms with Gasteiger partial charge in [0, 0.05) is 10.7 Å². The highest BCUT2D eigenvalue weighted by molar-refractivity contribution is 6.30. The maximum Gasteiger partial charge on any atom is 0.283 e. The first-order valence-electron chi connectivity index (χ1n) is 8.90. The van der Waals surface area contributed by atoms with E-state index in [-0.39, 0.29) is 18.0 Å². The van der Waals surface area contributed by atoms with Crippen molar-refractivity contribution in [3.05, 3.63) is 81.4 Å². The van der Waals surface area contributed by atoms with Gasteiger partial charge in [-0.3, -0.25) is 14.2 Å². The van der Waals surface area contributed by atoms with Gasteiger partial charge in [-0.05, 0) is 36.2 Å². The van der Waals surface area contributed by atoms with Gasteiger partial charge in [-0.1, -0.05) is 47.1 Å². The van der Waals surface area contributed by atoms with Crippen LogP contribution in [0.3, 0.4) is 0 Å². The van der Waals surface area contributed by atoms with Gasteiger partial charge in [-0.25, -0.2) is 9.67 Å². The van der Waals surface area contributed by atoms with Gasteiger partial charge in [-0.2, -0.15) is 0 Å². The number of halogens is 1. The molecule has 9 heteroatoms. The average molecular weight is 409 g/mol. The number of nitrogens with one attached hydrogen (secondary N) is 1. The van der Waals surface area contributed by atoms with Crippen LogP contribution in [0.25, 0.3) is 11.2 Å². The molecule has 0 radical (unpaired) electrons. The number of benzene rings is 2. The van der Waals surface area contributed by atoms with Crippen molar-refractivity contribution in [1.29, 1.82) is 0 Å². The summed E-state index contributed by atoms with van der Waals surface area (Å²) < 4.78 is 2.78. The number of rotatable bonds is 5. The SMILES string of the molecule is Cc1ccccc1Cn1nnc2c(=O)n(CC(=O)Nc3cccc(Cl)c3)cnc21. The van der Waals surface area contributed by atoms with Gasteiger partial charge in [0.15, 0.2) is 11.2 Å². The molecule has 2 aromatic carbocycles. The molecule has 1 N–H and O–H groups in total. The van der Waals surface area contributed by atoms with E-state index in [4.69, 9.17) is 11.6 Å². The van der Waals surface area contributed by atoms with Gasteiger partial charge in [0.05, 0.1) is 6.54 Å². The highest BCUT2D eigenvalue weighted by atomic mass is 35.5. The summed E-state index contributed by atoms with van der Waals surface area (Å²) in [4.78, 5) is 29.3. The normalized spacial score (nSPS) is 11.0. The number of anilines is 1. The lowest BCUT2D eigenvalue weighted by atomic mass is 10.1. The van der Waals surface area contributed by atoms with E-state index in [2.05, 4.69) is 20.6 Å². The van der Waals surface area contributed by atoms with Crippen molar-refractivity contribution < 1.29 is 4.79 Å². The van der Waals surface area contributed by atoms with Crippen molar-refractivity contribution in [3.8, 4) is 0 Å². The number of carbonyl (C=O) groups excluding carboxylic acids is 1. The molecule has 0 bridgehead atoms. The van der Waals surface area contributed by atoms with Crippen molar-refractivity contribution in [2.45, 2.75) is 20.0 Å². The van der Waals surface area contributed by atoms with Crippen molar-refractivity contribution in [2.75, 3.05) is 5.32 Å². The topological polar surface area (TPSA) is 94.7 Å². The molecule has 0 atom stereocenters. The van der Waals surface area contributed by atoms with Crippen LogP contribution in [0, 0.1) is 6.92 Å². The van der Waals surface area contributed by atoms with Gasteiger partial charge in [0.2, 0.25) is 5.91 Å². The van der Waals surface area contributed by atoms with E-state index in [0.29, 0.717) is 22.9 Å². The summed E-state index contributed by atoms with van der Waals surface area (Å²) in [5.74, 6) is -0.372. The van der Waals surface area contributed by atoms with E-state index in [1.807, 2.05) is 31.2 Å². The number of hydrogen-bond acceptors (Lipinski definition) is 5. The Hall–Kier alpha value is -3.52. The van der Waals surface area contributed by atoms with Crippen LogP contribution >= 0.6 is 11.6 Å². The molecule has 29 heavy (non-hydrogen) atoms. The van der Waals surface area contributed by atoms with E-state index in [0.717, 1.165) is 11.1 Å². The Bertz CT molecular complexity index is 1260. The maximum absolute atomic E-state index is 12.7. The number of amides is 1. The minimum Gasteiger partial charge on any atom is -0.324 e. The fourth-order valence-electron chi connectivity index (χ4n) is 2.98. The van der Waals surface area contributed by atoms with Crippen LogP contribution in [-0.2, 0) is 17.9 Å². The smallest absolute Gasteiger partial charge is 0.283 e. The highest BCUT2D eigenvalue weighted by Crippen LogP contribution is 2.15. The van der Waals surface area contributed by atoms with E-state index >= 15 is 0 Å². The average Bonchev–Trinajstić information content (AvgIpc) is 3.09. The Morgan fingerprint density at radius 2 is 2.00 bits per heavy atom. The molecule has 4 rings (SSSR count). The third kappa shape index (κ3) is 4.02. The van der Waals surface area contributed by atoms with Gasteiger partial charge in [-0.15, -0.1) is 5.10 Å². The largest absolute Gasteiger partial charge is 0.324 e. The molecular formula is C20H17ClN6O2. The van der Waals surface area contributed by atoms with Crippen LogP contribution < -0.4 is 10.9 Å². The first kappa shape index (κ1) is 18.8. The number of aryl methyl sites for hydroxylation is 1. The molecule has 8 nitrogen and oxygen atoms in total. The molecule has 0 spiro atoms. The molecule has 0 saturated heterocycles. The van der Waals surface area contributed by atoms with E-state index in [1.54, 1.807) is 28.9 Å². The van der Waals surface area contributed by atoms with Crippen molar-refractivity contribution in [3.63, 3.8) is 0 Å². The van der Waals surface area contributed by atoms with Crippen molar-refractivity contribution >= 4 is 34.4 Å². The zero-order valence-corrected chi connectivity index (χ0v) is 16.3. The summed E-state index contributed by atoms with van der Waals surface area (Å²) in [7, 11) is 0. The Kier molecular flexibility index (Phi) is 5.09. The van der Waals surface area contributed by atoms with Crippen LogP contribution in [0.2, 0.25) is 5.02 Å². The lowest BCUT2D eigenvalue weighted by Crippen LogP contribution is -2.28. The standard InChI is InChI=1S/C20H17ClN6O2/c1-13-5-2-3-6-14(13)10-27-19-18(24-25-27)20(29)26(12-22-19)11-17(28)23-16-8-4-7-15(21)9-16/h2-9,12H,10-11H2,1H3,(H,23,28). The van der Waals surface area contributed by atoms with E-state index < -0.39 is 5.56 Å². The third-order valence-electron chi connectivity index (χ3n) is 4.50. The molecule has 2 aromatic heterocycles. The molecule has 0 aliphatic rings. The summed E-state index contributed by atoms with van der Waals surface area (Å²) in [6.45, 7) is 2.27. The summed E-state index contributed by atoms with van der Waals surface area (Å²) in [5.41, 5.74) is 2.80. The zero-order valence-electron chi connectivity index (χ0n) is 15.5. The lowest BCUT2D eigenvalue weighted by Gasteiger charge is -2.08. The molecular weight excluding hydrogens is 392 g/mol. The van der Waals surface area contributed by atoms with Crippen LogP contribution in [0.1, 0.15) is 11.1 Å². The quantitative estimate of drug-likeness (QED) is 0.547. The lowest BCUT2D eigenvalue weighted by molar-refractivity contribution is -0.116. The Balaban J connectivity index is 1.56. The predicted molar refractivity (Wildman–Crippen MR) is 110 cm³/mol. The summed E-state index contributed by atoms with van der Waals surface area (Å²) in [6, 6.07) is 14.7. The predicted octanol–water partition coefficient (Wildman–Crippen LogP) is 2.64. The molecule has 1 amide bonds. The number of aromatic nitrogens is 5. The first-order valence-corrected chi connectivity index (χ1v) is 9.27. The maximum atomic E-state index is 12.7. The molecule has 2 heterocycles. The molecule has 0 saturated carbocycles. The number of carbonyl (C=O) groups is 1. The Morgan fingerprint density at radius 1 is 1.17 bits per heavy atom. The monoisotopic (exact) mass is 408 g/mol. The van der Waals surface area contributed by atoms with Gasteiger partial charge in [0.25, 0.3) is 5.56 Å². The number of hydrogen-bond donors (Lipinski definition) is 1. The van der Waals surface area contributed by atoms with Gasteiger partial charge < -0.3 is 5.32 Å².